The van der Waals surface area contributed by atoms with Gasteiger partial charge in [0.25, 0.3) is 0 Å². The van der Waals surface area contributed by atoms with Crippen molar-refractivity contribution in [1.82, 2.24) is 9.78 Å². The molecular formula is C11H22N4S. The van der Waals surface area contributed by atoms with Gasteiger partial charge in [-0.25, -0.2) is 0 Å². The summed E-state index contributed by atoms with van der Waals surface area (Å²) in [5, 5.41) is 8.36. The number of nitrogens with two attached hydrogens (primary N) is 1. The molecule has 0 aliphatic rings. The molecule has 1 atom stereocenters. The van der Waals surface area contributed by atoms with Gasteiger partial charge in [0.15, 0.2) is 0 Å². The molecule has 0 fully saturated rings. The number of thioether (sulfide) groups is 1. The Balaban J connectivity index is 2.72. The zero-order valence-electron chi connectivity index (χ0n) is 10.6. The molecule has 5 heteroatoms. The molecule has 3 N–H and O–H groups in total. The van der Waals surface area contributed by atoms with Gasteiger partial charge in [-0.15, -0.1) is 0 Å². The van der Waals surface area contributed by atoms with Gasteiger partial charge >= 0.3 is 0 Å². The molecule has 16 heavy (non-hydrogen) atoms. The third-order valence-corrected chi connectivity index (χ3v) is 3.58. The lowest BCUT2D eigenvalue weighted by Crippen LogP contribution is -2.15. The Morgan fingerprint density at radius 3 is 2.81 bits per heavy atom. The average molecular weight is 242 g/mol. The Morgan fingerprint density at radius 2 is 2.25 bits per heavy atom. The maximum absolute atomic E-state index is 6.07. The van der Waals surface area contributed by atoms with Gasteiger partial charge in [-0.2, -0.15) is 16.9 Å². The summed E-state index contributed by atoms with van der Waals surface area (Å²) < 4.78 is 1.84. The lowest BCUT2D eigenvalue weighted by molar-refractivity contribution is 0.734. The van der Waals surface area contributed by atoms with E-state index in [1.807, 2.05) is 23.5 Å². The molecule has 0 amide bonds. The maximum Gasteiger partial charge on any atom is 0.147 e. The highest BCUT2D eigenvalue weighted by atomic mass is 32.2. The summed E-state index contributed by atoms with van der Waals surface area (Å²) >= 11 is 1.84. The number of nitrogens with zero attached hydrogens (tertiary/aromatic N) is 2. The second-order valence-corrected chi connectivity index (χ2v) is 5.29. The van der Waals surface area contributed by atoms with Crippen LogP contribution < -0.4 is 11.1 Å². The summed E-state index contributed by atoms with van der Waals surface area (Å²) in [6.07, 6.45) is 4.13. The summed E-state index contributed by atoms with van der Waals surface area (Å²) in [5.74, 6) is 0.948. The van der Waals surface area contributed by atoms with Gasteiger partial charge < -0.3 is 11.1 Å². The minimum absolute atomic E-state index is 0.573. The van der Waals surface area contributed by atoms with Gasteiger partial charge in [-0.1, -0.05) is 20.3 Å². The Hall–Kier alpha value is -0.840. The van der Waals surface area contributed by atoms with E-state index in [4.69, 9.17) is 5.73 Å². The van der Waals surface area contributed by atoms with E-state index < -0.39 is 0 Å². The second kappa shape index (κ2) is 6.03. The molecule has 1 aromatic rings. The van der Waals surface area contributed by atoms with E-state index in [0.29, 0.717) is 5.25 Å². The topological polar surface area (TPSA) is 55.9 Å². The number of nitrogen functional groups attached to an aromatic ring is 1. The Bertz CT molecular complexity index is 335. The molecule has 92 valence electrons. The van der Waals surface area contributed by atoms with Crippen LogP contribution in [0.2, 0.25) is 0 Å². The highest BCUT2D eigenvalue weighted by molar-refractivity contribution is 7.99. The molecule has 1 unspecified atom stereocenters. The van der Waals surface area contributed by atoms with Crippen molar-refractivity contribution in [2.45, 2.75) is 31.9 Å². The Kier molecular flexibility index (Phi) is 4.99. The van der Waals surface area contributed by atoms with E-state index in [9.17, 15) is 0 Å². The molecule has 1 heterocycles. The van der Waals surface area contributed by atoms with E-state index in [-0.39, 0.29) is 0 Å². The van der Waals surface area contributed by atoms with Gasteiger partial charge in [-0.3, -0.25) is 4.68 Å². The zero-order valence-corrected chi connectivity index (χ0v) is 11.4. The highest BCUT2D eigenvalue weighted by Gasteiger charge is 2.12. The SMILES string of the molecule is CCCc1nn(C)c(NCC(C)SC)c1N. The van der Waals surface area contributed by atoms with Crippen molar-refractivity contribution in [1.29, 1.82) is 0 Å². The van der Waals surface area contributed by atoms with Crippen molar-refractivity contribution in [2.24, 2.45) is 7.05 Å². The zero-order chi connectivity index (χ0) is 12.1. The van der Waals surface area contributed by atoms with Crippen LogP contribution in [0.1, 0.15) is 26.0 Å². The molecular weight excluding hydrogens is 220 g/mol. The molecule has 0 aliphatic carbocycles. The minimum Gasteiger partial charge on any atom is -0.394 e. The normalized spacial score (nSPS) is 12.8. The quantitative estimate of drug-likeness (QED) is 0.802. The number of aromatic nitrogens is 2. The fraction of sp³-hybridized carbons (Fsp3) is 0.727. The molecule has 1 rings (SSSR count). The lowest BCUT2D eigenvalue weighted by atomic mass is 10.2. The number of aryl methyl sites for hydroxylation is 2. The molecule has 0 aliphatic heterocycles. The highest BCUT2D eigenvalue weighted by Crippen LogP contribution is 2.23. The summed E-state index contributed by atoms with van der Waals surface area (Å²) in [6, 6.07) is 0. The van der Waals surface area contributed by atoms with E-state index in [2.05, 4.69) is 30.5 Å². The third kappa shape index (κ3) is 3.07. The van der Waals surface area contributed by atoms with Crippen molar-refractivity contribution in [2.75, 3.05) is 23.9 Å². The Labute approximate surface area is 102 Å². The van der Waals surface area contributed by atoms with Gasteiger partial charge in [-0.05, 0) is 12.7 Å². The molecule has 1 aromatic heterocycles. The lowest BCUT2D eigenvalue weighted by Gasteiger charge is -2.11. The first-order valence-electron chi connectivity index (χ1n) is 5.68. The summed E-state index contributed by atoms with van der Waals surface area (Å²) in [6.45, 7) is 5.24. The average Bonchev–Trinajstić information content (AvgIpc) is 2.52. The van der Waals surface area contributed by atoms with Crippen LogP contribution in [0.25, 0.3) is 0 Å². The molecule has 0 bridgehead atoms. The van der Waals surface area contributed by atoms with Gasteiger partial charge in [0, 0.05) is 18.8 Å². The minimum atomic E-state index is 0.573. The van der Waals surface area contributed by atoms with Gasteiger partial charge in [0.05, 0.1) is 11.4 Å². The van der Waals surface area contributed by atoms with Crippen LogP contribution in [0.5, 0.6) is 0 Å². The monoisotopic (exact) mass is 242 g/mol. The second-order valence-electron chi connectivity index (χ2n) is 4.01. The van der Waals surface area contributed by atoms with Crippen molar-refractivity contribution in [3.05, 3.63) is 5.69 Å². The van der Waals surface area contributed by atoms with Crippen LogP contribution in [-0.4, -0.2) is 27.8 Å². The van der Waals surface area contributed by atoms with Crippen LogP contribution in [0, 0.1) is 0 Å². The first-order chi connectivity index (χ1) is 7.60. The predicted molar refractivity (Wildman–Crippen MR) is 73.1 cm³/mol. The molecule has 0 radical (unpaired) electrons. The number of nitrogens with one attached hydrogen (secondary N) is 1. The van der Waals surface area contributed by atoms with E-state index in [1.54, 1.807) is 0 Å². The molecule has 0 saturated heterocycles. The summed E-state index contributed by atoms with van der Waals surface area (Å²) in [4.78, 5) is 0. The maximum atomic E-state index is 6.07. The van der Waals surface area contributed by atoms with Crippen molar-refractivity contribution < 1.29 is 0 Å². The van der Waals surface area contributed by atoms with Gasteiger partial charge in [0.2, 0.25) is 0 Å². The predicted octanol–water partition coefficient (Wildman–Crippen LogP) is 2.12. The van der Waals surface area contributed by atoms with Crippen LogP contribution in [-0.2, 0) is 13.5 Å². The van der Waals surface area contributed by atoms with Crippen molar-refractivity contribution in [3.8, 4) is 0 Å². The molecule has 0 aromatic carbocycles. The fourth-order valence-electron chi connectivity index (χ4n) is 1.55. The van der Waals surface area contributed by atoms with Crippen LogP contribution in [0.15, 0.2) is 0 Å². The van der Waals surface area contributed by atoms with E-state index in [1.165, 1.54) is 0 Å². The molecule has 0 saturated carbocycles. The standard InChI is InChI=1S/C11H22N4S/c1-5-6-9-10(12)11(15(3)14-9)13-7-8(2)16-4/h8,13H,5-7,12H2,1-4H3. The van der Waals surface area contributed by atoms with Crippen LogP contribution >= 0.6 is 11.8 Å². The first-order valence-corrected chi connectivity index (χ1v) is 6.96. The fourth-order valence-corrected chi connectivity index (χ4v) is 1.80. The number of hydrogen-bond donors (Lipinski definition) is 2. The number of hydrogen-bond acceptors (Lipinski definition) is 4. The largest absolute Gasteiger partial charge is 0.394 e. The van der Waals surface area contributed by atoms with Crippen molar-refractivity contribution >= 4 is 23.3 Å². The van der Waals surface area contributed by atoms with E-state index in [0.717, 1.165) is 36.6 Å². The molecule has 0 spiro atoms. The number of rotatable bonds is 6. The van der Waals surface area contributed by atoms with Crippen LogP contribution in [0.3, 0.4) is 0 Å². The van der Waals surface area contributed by atoms with Gasteiger partial charge in [0.1, 0.15) is 5.82 Å². The van der Waals surface area contributed by atoms with Crippen molar-refractivity contribution in [3.63, 3.8) is 0 Å². The Morgan fingerprint density at radius 1 is 1.56 bits per heavy atom. The summed E-state index contributed by atoms with van der Waals surface area (Å²) in [5.41, 5.74) is 7.87. The van der Waals surface area contributed by atoms with Crippen LogP contribution in [0.4, 0.5) is 11.5 Å². The van der Waals surface area contributed by atoms with E-state index >= 15 is 0 Å². The number of anilines is 2. The summed E-state index contributed by atoms with van der Waals surface area (Å²) in [7, 11) is 1.93. The third-order valence-electron chi connectivity index (χ3n) is 2.61. The smallest absolute Gasteiger partial charge is 0.147 e. The first kappa shape index (κ1) is 13.2. The molecule has 4 nitrogen and oxygen atoms in total.